The van der Waals surface area contributed by atoms with Gasteiger partial charge in [-0.3, -0.25) is 0 Å². The number of benzene rings is 2. The number of halogens is 2. The van der Waals surface area contributed by atoms with Crippen molar-refractivity contribution in [2.24, 2.45) is 26.1 Å². The van der Waals surface area contributed by atoms with Crippen LogP contribution in [-0.4, -0.2) is 30.8 Å². The molecule has 30 heavy (non-hydrogen) atoms. The maximum atomic E-state index is 5.22. The maximum Gasteiger partial charge on any atom is 0.219 e. The smallest absolute Gasteiger partial charge is 0.219 e. The molecule has 11 heteroatoms. The molecule has 1 aliphatic heterocycles. The Balaban J connectivity index is 1.87. The summed E-state index contributed by atoms with van der Waals surface area (Å²) in [5.41, 5.74) is 4.40. The minimum absolute atomic E-state index is 0.226. The summed E-state index contributed by atoms with van der Waals surface area (Å²) in [6.07, 6.45) is 1.59. The molecule has 1 aliphatic rings. The first-order chi connectivity index (χ1) is 14.5. The van der Waals surface area contributed by atoms with E-state index in [9.17, 15) is 0 Å². The highest BCUT2D eigenvalue weighted by Gasteiger charge is 2.19. The molecule has 1 heterocycles. The zero-order valence-electron chi connectivity index (χ0n) is 15.8. The third-order valence-corrected chi connectivity index (χ3v) is 5.09. The van der Waals surface area contributed by atoms with E-state index in [1.165, 1.54) is 0 Å². The zero-order valence-corrected chi connectivity index (χ0v) is 19.5. The van der Waals surface area contributed by atoms with E-state index < -0.39 is 0 Å². The normalized spacial score (nSPS) is 15.2. The number of rotatable bonds is 5. The van der Waals surface area contributed by atoms with E-state index in [-0.39, 0.29) is 11.7 Å². The molecule has 3 rings (SSSR count). The zero-order chi connectivity index (χ0) is 21.5. The van der Waals surface area contributed by atoms with Crippen LogP contribution in [0.3, 0.4) is 0 Å². The van der Waals surface area contributed by atoms with Gasteiger partial charge in [-0.1, -0.05) is 6.58 Å². The quantitative estimate of drug-likeness (QED) is 0.283. The first-order valence-corrected chi connectivity index (χ1v) is 10.3. The van der Waals surface area contributed by atoms with Crippen LogP contribution in [0.15, 0.2) is 79.4 Å². The second kappa shape index (κ2) is 10.4. The van der Waals surface area contributed by atoms with Crippen molar-refractivity contribution in [1.82, 2.24) is 5.48 Å². The first kappa shape index (κ1) is 22.1. The Bertz CT molecular complexity index is 1070. The molecule has 0 spiro atoms. The van der Waals surface area contributed by atoms with Gasteiger partial charge in [0.1, 0.15) is 11.4 Å². The molecular formula is C19H17BrIN7O2. The van der Waals surface area contributed by atoms with Crippen molar-refractivity contribution in [3.63, 3.8) is 0 Å². The number of amidine groups is 3. The lowest BCUT2D eigenvalue weighted by atomic mass is 10.2. The highest BCUT2D eigenvalue weighted by Crippen LogP contribution is 2.24. The SMILES string of the molecule is C=C1N=C(Nc2ccc(I)cc2)/C(=N/N=C/c2ccc(OC)c(Br)c2)N=C1NON. The van der Waals surface area contributed by atoms with Gasteiger partial charge in [0.15, 0.2) is 11.7 Å². The molecule has 9 nitrogen and oxygen atoms in total. The van der Waals surface area contributed by atoms with Gasteiger partial charge in [0, 0.05) is 9.26 Å². The van der Waals surface area contributed by atoms with E-state index in [0.717, 1.165) is 25.0 Å². The van der Waals surface area contributed by atoms with Crippen molar-refractivity contribution in [3.05, 3.63) is 68.3 Å². The van der Waals surface area contributed by atoms with Crippen LogP contribution in [0.1, 0.15) is 5.56 Å². The number of hydrogen-bond donors (Lipinski definition) is 3. The van der Waals surface area contributed by atoms with Crippen LogP contribution in [-0.2, 0) is 4.94 Å². The summed E-state index contributed by atoms with van der Waals surface area (Å²) >= 11 is 5.68. The molecule has 0 aliphatic carbocycles. The van der Waals surface area contributed by atoms with Crippen LogP contribution < -0.4 is 21.4 Å². The number of ether oxygens (including phenoxy) is 1. The van der Waals surface area contributed by atoms with Crippen LogP contribution in [0.5, 0.6) is 5.75 Å². The molecule has 2 aromatic rings. The molecule has 4 N–H and O–H groups in total. The first-order valence-electron chi connectivity index (χ1n) is 8.46. The topological polar surface area (TPSA) is 118 Å². The van der Waals surface area contributed by atoms with Gasteiger partial charge in [-0.2, -0.15) is 15.9 Å². The van der Waals surface area contributed by atoms with E-state index in [2.05, 4.69) is 81.0 Å². The Morgan fingerprint density at radius 1 is 1.17 bits per heavy atom. The minimum Gasteiger partial charge on any atom is -0.496 e. The number of anilines is 1. The van der Waals surface area contributed by atoms with Crippen molar-refractivity contribution >= 4 is 67.9 Å². The summed E-state index contributed by atoms with van der Waals surface area (Å²) in [6.45, 7) is 3.84. The fourth-order valence-electron chi connectivity index (χ4n) is 2.34. The van der Waals surface area contributed by atoms with E-state index in [1.807, 2.05) is 42.5 Å². The number of nitrogens with one attached hydrogen (secondary N) is 2. The number of hydrogen-bond acceptors (Lipinski definition) is 8. The van der Waals surface area contributed by atoms with Gasteiger partial charge >= 0.3 is 0 Å². The van der Waals surface area contributed by atoms with Gasteiger partial charge < -0.3 is 10.1 Å². The number of methoxy groups -OCH3 is 1. The molecule has 0 saturated carbocycles. The lowest BCUT2D eigenvalue weighted by molar-refractivity contribution is 0.0868. The van der Waals surface area contributed by atoms with Crippen molar-refractivity contribution < 1.29 is 9.68 Å². The van der Waals surface area contributed by atoms with Gasteiger partial charge in [0.05, 0.1) is 17.8 Å². The summed E-state index contributed by atoms with van der Waals surface area (Å²) in [5.74, 6) is 6.64. The van der Waals surface area contributed by atoms with Gasteiger partial charge in [-0.15, -0.1) is 5.10 Å². The highest BCUT2D eigenvalue weighted by molar-refractivity contribution is 14.1. The second-order valence-electron chi connectivity index (χ2n) is 5.78. The van der Waals surface area contributed by atoms with E-state index >= 15 is 0 Å². The summed E-state index contributed by atoms with van der Waals surface area (Å²) in [6, 6.07) is 13.3. The molecule has 0 amide bonds. The Hall–Kier alpha value is -2.61. The third-order valence-electron chi connectivity index (χ3n) is 3.75. The van der Waals surface area contributed by atoms with E-state index in [1.54, 1.807) is 13.3 Å². The molecule has 0 radical (unpaired) electrons. The fraction of sp³-hybridized carbons (Fsp3) is 0.0526. The Morgan fingerprint density at radius 3 is 2.60 bits per heavy atom. The maximum absolute atomic E-state index is 5.22. The van der Waals surface area contributed by atoms with Crippen LogP contribution in [0.25, 0.3) is 0 Å². The summed E-state index contributed by atoms with van der Waals surface area (Å²) in [7, 11) is 1.60. The molecule has 0 bridgehead atoms. The van der Waals surface area contributed by atoms with E-state index in [4.69, 9.17) is 10.6 Å². The van der Waals surface area contributed by atoms with Gasteiger partial charge in [0.2, 0.25) is 5.84 Å². The molecule has 0 aromatic heterocycles. The fourth-order valence-corrected chi connectivity index (χ4v) is 3.25. The van der Waals surface area contributed by atoms with E-state index in [0.29, 0.717) is 11.5 Å². The number of nitrogens with zero attached hydrogens (tertiary/aromatic N) is 4. The lowest BCUT2D eigenvalue weighted by Gasteiger charge is -2.16. The standard InChI is InChI=1S/C19H17BrIN7O2/c1-11-17(28-30-22)26-19(18(24-11)25-14-6-4-13(21)5-7-14)27-23-10-12-3-8-16(29-2)15(20)9-12/h3-10H,1,22H2,2H3,(H,24,25)(H,26,27,28)/b23-10+. The second-order valence-corrected chi connectivity index (χ2v) is 7.88. The van der Waals surface area contributed by atoms with Crippen LogP contribution >= 0.6 is 38.5 Å². The lowest BCUT2D eigenvalue weighted by Crippen LogP contribution is -2.35. The van der Waals surface area contributed by atoms with Crippen LogP contribution in [0.4, 0.5) is 5.69 Å². The van der Waals surface area contributed by atoms with Crippen molar-refractivity contribution in [3.8, 4) is 5.75 Å². The monoisotopic (exact) mass is 581 g/mol. The molecule has 2 aromatic carbocycles. The number of hydroxylamine groups is 1. The molecule has 0 saturated heterocycles. The van der Waals surface area contributed by atoms with Gasteiger partial charge in [0.25, 0.3) is 0 Å². The average Bonchev–Trinajstić information content (AvgIpc) is 2.73. The highest BCUT2D eigenvalue weighted by atomic mass is 127. The van der Waals surface area contributed by atoms with Crippen LogP contribution in [0, 0.1) is 3.57 Å². The largest absolute Gasteiger partial charge is 0.496 e. The Kier molecular flexibility index (Phi) is 7.68. The molecule has 0 unspecified atom stereocenters. The number of aliphatic imine (C=N–C) groups is 2. The predicted molar refractivity (Wildman–Crippen MR) is 131 cm³/mol. The summed E-state index contributed by atoms with van der Waals surface area (Å²) in [4.78, 5) is 13.2. The summed E-state index contributed by atoms with van der Waals surface area (Å²) < 4.78 is 7.15. The van der Waals surface area contributed by atoms with Crippen molar-refractivity contribution in [1.29, 1.82) is 0 Å². The molecule has 0 fully saturated rings. The van der Waals surface area contributed by atoms with Crippen molar-refractivity contribution in [2.45, 2.75) is 0 Å². The number of nitrogens with two attached hydrogens (primary N) is 1. The van der Waals surface area contributed by atoms with Crippen molar-refractivity contribution in [2.75, 3.05) is 12.4 Å². The predicted octanol–water partition coefficient (Wildman–Crippen LogP) is 3.63. The van der Waals surface area contributed by atoms with Gasteiger partial charge in [-0.05, 0) is 86.5 Å². The summed E-state index contributed by atoms with van der Waals surface area (Å²) in [5, 5.41) is 11.5. The van der Waals surface area contributed by atoms with Crippen LogP contribution in [0.2, 0.25) is 0 Å². The molecular weight excluding hydrogens is 565 g/mol. The molecule has 0 atom stereocenters. The Labute approximate surface area is 195 Å². The van der Waals surface area contributed by atoms with Gasteiger partial charge in [-0.25, -0.2) is 15.5 Å². The Morgan fingerprint density at radius 2 is 1.93 bits per heavy atom. The third kappa shape index (κ3) is 5.72. The average molecular weight is 582 g/mol. The molecule has 154 valence electrons. The minimum atomic E-state index is 0.226.